The number of carbonyl (C=O) groups excluding carboxylic acids is 1. The molecule has 1 saturated carbocycles. The first-order valence-electron chi connectivity index (χ1n) is 15.2. The summed E-state index contributed by atoms with van der Waals surface area (Å²) in [7, 11) is 0. The zero-order valence-corrected chi connectivity index (χ0v) is 24.9. The fraction of sp³-hybridized carbons (Fsp3) is 0.257. The highest BCUT2D eigenvalue weighted by atomic mass is 19.1. The van der Waals surface area contributed by atoms with Crippen LogP contribution >= 0.6 is 0 Å². The Hall–Kier alpha value is -5.23. The van der Waals surface area contributed by atoms with Crippen LogP contribution in [0.25, 0.3) is 22.2 Å². The van der Waals surface area contributed by atoms with Gasteiger partial charge in [-0.2, -0.15) is 0 Å². The SMILES string of the molecule is O=C(O)c1ccc2c(=O)n(Cc3cc(F)c(-c4cccc(OCc5ccc(C(=O)C6CC6)cc5F)n4)cc3F)n(CC3CCO3)c2c1. The van der Waals surface area contributed by atoms with Gasteiger partial charge in [-0.25, -0.2) is 27.6 Å². The van der Waals surface area contributed by atoms with Crippen molar-refractivity contribution in [2.45, 2.75) is 45.1 Å². The number of aromatic carboxylic acids is 1. The fourth-order valence-electron chi connectivity index (χ4n) is 5.68. The van der Waals surface area contributed by atoms with Gasteiger partial charge in [0.05, 0.1) is 41.4 Å². The van der Waals surface area contributed by atoms with E-state index < -0.39 is 29.0 Å². The van der Waals surface area contributed by atoms with Crippen molar-refractivity contribution < 1.29 is 37.3 Å². The monoisotopic (exact) mass is 643 g/mol. The Bertz CT molecular complexity index is 2120. The average molecular weight is 644 g/mol. The Labute approximate surface area is 265 Å². The highest BCUT2D eigenvalue weighted by Gasteiger charge is 2.31. The molecule has 0 radical (unpaired) electrons. The summed E-state index contributed by atoms with van der Waals surface area (Å²) in [5.41, 5.74) is 0.221. The molecule has 3 heterocycles. The molecule has 2 aliphatic rings. The number of ketones is 1. The number of fused-ring (bicyclic) bond motifs is 1. The lowest BCUT2D eigenvalue weighted by atomic mass is 10.0. The summed E-state index contributed by atoms with van der Waals surface area (Å²) in [6, 6.07) is 14.9. The maximum absolute atomic E-state index is 15.6. The second kappa shape index (κ2) is 12.2. The summed E-state index contributed by atoms with van der Waals surface area (Å²) in [6.07, 6.45) is 2.17. The van der Waals surface area contributed by atoms with Crippen LogP contribution in [0.3, 0.4) is 0 Å². The fourth-order valence-corrected chi connectivity index (χ4v) is 5.68. The highest BCUT2D eigenvalue weighted by molar-refractivity contribution is 5.99. The molecule has 1 atom stereocenters. The number of benzene rings is 3. The molecule has 0 spiro atoms. The molecule has 1 N–H and O–H groups in total. The largest absolute Gasteiger partial charge is 0.478 e. The molecule has 1 unspecified atom stereocenters. The number of aromatic nitrogens is 3. The quantitative estimate of drug-likeness (QED) is 0.176. The minimum absolute atomic E-state index is 0.0124. The topological polar surface area (TPSA) is 113 Å². The number of rotatable bonds is 11. The van der Waals surface area contributed by atoms with Gasteiger partial charge in [0, 0.05) is 40.8 Å². The van der Waals surface area contributed by atoms with Crippen LogP contribution in [0.15, 0.2) is 71.5 Å². The predicted molar refractivity (Wildman–Crippen MR) is 164 cm³/mol. The van der Waals surface area contributed by atoms with Crippen LogP contribution in [0.2, 0.25) is 0 Å². The molecule has 5 aromatic rings. The molecule has 0 bridgehead atoms. The van der Waals surface area contributed by atoms with Gasteiger partial charge in [0.2, 0.25) is 5.88 Å². The molecule has 9 nitrogen and oxygen atoms in total. The van der Waals surface area contributed by atoms with Crippen molar-refractivity contribution in [1.29, 1.82) is 0 Å². The molecule has 1 saturated heterocycles. The van der Waals surface area contributed by atoms with Gasteiger partial charge in [0.25, 0.3) is 5.56 Å². The summed E-state index contributed by atoms with van der Waals surface area (Å²) >= 11 is 0. The number of ether oxygens (including phenoxy) is 2. The van der Waals surface area contributed by atoms with E-state index in [4.69, 9.17) is 9.47 Å². The first-order chi connectivity index (χ1) is 22.7. The summed E-state index contributed by atoms with van der Waals surface area (Å²) in [6.45, 7) is 0.271. The lowest BCUT2D eigenvalue weighted by Crippen LogP contribution is -2.35. The number of hydrogen-bond donors (Lipinski definition) is 1. The van der Waals surface area contributed by atoms with E-state index in [1.807, 2.05) is 0 Å². The summed E-state index contributed by atoms with van der Waals surface area (Å²) in [4.78, 5) is 41.5. The van der Waals surface area contributed by atoms with Crippen molar-refractivity contribution >= 4 is 22.7 Å². The van der Waals surface area contributed by atoms with E-state index in [2.05, 4.69) is 4.98 Å². The van der Waals surface area contributed by atoms with E-state index in [1.165, 1.54) is 47.1 Å². The number of carboxylic acids is 1. The van der Waals surface area contributed by atoms with Gasteiger partial charge in [-0.1, -0.05) is 18.2 Å². The molecule has 1 aliphatic carbocycles. The minimum Gasteiger partial charge on any atom is -0.478 e. The van der Waals surface area contributed by atoms with E-state index in [-0.39, 0.29) is 76.7 Å². The Kier molecular flexibility index (Phi) is 7.88. The van der Waals surface area contributed by atoms with Gasteiger partial charge in [0.15, 0.2) is 5.78 Å². The number of halogens is 3. The lowest BCUT2D eigenvalue weighted by molar-refractivity contribution is -0.0618. The first-order valence-corrected chi connectivity index (χ1v) is 15.2. The van der Waals surface area contributed by atoms with E-state index >= 15 is 8.78 Å². The average Bonchev–Trinajstić information content (AvgIpc) is 3.86. The Morgan fingerprint density at radius 3 is 2.36 bits per heavy atom. The van der Waals surface area contributed by atoms with Crippen LogP contribution in [-0.4, -0.2) is 43.9 Å². The summed E-state index contributed by atoms with van der Waals surface area (Å²) < 4.78 is 59.8. The van der Waals surface area contributed by atoms with Crippen molar-refractivity contribution in [3.63, 3.8) is 0 Å². The van der Waals surface area contributed by atoms with Crippen molar-refractivity contribution in [3.8, 4) is 17.1 Å². The standard InChI is InChI=1S/C35H28F3N3O6/c36-27-12-20(33(42)19-4-5-19)6-7-22(27)18-47-32-3-1-2-30(39-32)26-15-28(37)23(13-29(26)38)16-41-34(43)25-9-8-21(35(44)45)14-31(25)40(41)17-24-10-11-46-24/h1-3,6-9,12-15,19,24H,4-5,10-11,16-18H2,(H,44,45). The molecule has 240 valence electrons. The number of carboxylic acid groups (broad SMARTS) is 1. The molecule has 2 fully saturated rings. The number of hydrogen-bond acceptors (Lipinski definition) is 6. The van der Waals surface area contributed by atoms with Crippen molar-refractivity contribution in [2.24, 2.45) is 5.92 Å². The number of Topliss-reactive ketones (excluding diaryl/α,β-unsaturated/α-hetero) is 1. The Balaban J connectivity index is 1.13. The van der Waals surface area contributed by atoms with Gasteiger partial charge in [-0.3, -0.25) is 14.3 Å². The van der Waals surface area contributed by atoms with Gasteiger partial charge in [-0.05, 0) is 61.7 Å². The third kappa shape index (κ3) is 6.03. The molecule has 0 amide bonds. The molecule has 7 rings (SSSR count). The van der Waals surface area contributed by atoms with Crippen molar-refractivity contribution in [3.05, 3.63) is 117 Å². The van der Waals surface area contributed by atoms with E-state index in [9.17, 15) is 23.9 Å². The van der Waals surface area contributed by atoms with Crippen LogP contribution < -0.4 is 10.3 Å². The van der Waals surface area contributed by atoms with Crippen LogP contribution in [0.1, 0.15) is 51.1 Å². The number of pyridine rings is 1. The molecule has 1 aliphatic heterocycles. The predicted octanol–water partition coefficient (Wildman–Crippen LogP) is 5.99. The Morgan fingerprint density at radius 2 is 1.66 bits per heavy atom. The second-order valence-corrected chi connectivity index (χ2v) is 11.8. The van der Waals surface area contributed by atoms with Gasteiger partial charge in [-0.15, -0.1) is 0 Å². The van der Waals surface area contributed by atoms with Gasteiger partial charge < -0.3 is 14.6 Å². The smallest absolute Gasteiger partial charge is 0.335 e. The molecule has 47 heavy (non-hydrogen) atoms. The molecular formula is C35H28F3N3O6. The molecule has 2 aromatic heterocycles. The zero-order chi connectivity index (χ0) is 32.8. The van der Waals surface area contributed by atoms with E-state index in [0.717, 1.165) is 31.4 Å². The maximum Gasteiger partial charge on any atom is 0.335 e. The lowest BCUT2D eigenvalue weighted by Gasteiger charge is -2.28. The van der Waals surface area contributed by atoms with E-state index in [1.54, 1.807) is 16.8 Å². The maximum atomic E-state index is 15.6. The summed E-state index contributed by atoms with van der Waals surface area (Å²) in [5.74, 6) is -3.37. The molecule has 12 heteroatoms. The highest BCUT2D eigenvalue weighted by Crippen LogP contribution is 2.33. The summed E-state index contributed by atoms with van der Waals surface area (Å²) in [5, 5.41) is 9.72. The number of carbonyl (C=O) groups is 2. The Morgan fingerprint density at radius 1 is 0.894 bits per heavy atom. The normalized spacial score (nSPS) is 15.9. The van der Waals surface area contributed by atoms with Crippen LogP contribution in [0.5, 0.6) is 5.88 Å². The first kappa shape index (κ1) is 30.4. The third-order valence-corrected chi connectivity index (χ3v) is 8.57. The molecule has 3 aromatic carbocycles. The van der Waals surface area contributed by atoms with Crippen molar-refractivity contribution in [1.82, 2.24) is 14.3 Å². The van der Waals surface area contributed by atoms with Gasteiger partial charge >= 0.3 is 5.97 Å². The third-order valence-electron chi connectivity index (χ3n) is 8.57. The van der Waals surface area contributed by atoms with E-state index in [0.29, 0.717) is 17.7 Å². The number of nitrogens with zero attached hydrogens (tertiary/aromatic N) is 3. The second-order valence-electron chi connectivity index (χ2n) is 11.8. The minimum atomic E-state index is -1.16. The van der Waals surface area contributed by atoms with Crippen LogP contribution in [0, 0.1) is 23.4 Å². The molecular weight excluding hydrogens is 615 g/mol. The van der Waals surface area contributed by atoms with Gasteiger partial charge in [0.1, 0.15) is 24.1 Å². The van der Waals surface area contributed by atoms with Crippen LogP contribution in [0.4, 0.5) is 13.2 Å². The van der Waals surface area contributed by atoms with Crippen LogP contribution in [-0.2, 0) is 24.4 Å². The van der Waals surface area contributed by atoms with Crippen molar-refractivity contribution in [2.75, 3.05) is 6.61 Å². The zero-order valence-electron chi connectivity index (χ0n) is 24.9.